The summed E-state index contributed by atoms with van der Waals surface area (Å²) in [6.45, 7) is 0. The van der Waals surface area contributed by atoms with Crippen molar-refractivity contribution in [2.24, 2.45) is 0 Å². The van der Waals surface area contributed by atoms with Crippen molar-refractivity contribution >= 4 is 34.7 Å². The van der Waals surface area contributed by atoms with Crippen molar-refractivity contribution < 1.29 is 4.79 Å². The number of halogens is 1. The first-order chi connectivity index (χ1) is 11.7. The minimum absolute atomic E-state index is 0.351. The first-order valence-corrected chi connectivity index (χ1v) is 7.38. The number of pyridine rings is 1. The Bertz CT molecular complexity index is 951. The largest absolute Gasteiger partial charge is 0.350 e. The number of carbonyl (C=O) groups excluding carboxylic acids is 1. The number of hydrogen-bond acceptors (Lipinski definition) is 6. The van der Waals surface area contributed by atoms with Crippen LogP contribution in [0.3, 0.4) is 0 Å². The van der Waals surface area contributed by atoms with E-state index in [9.17, 15) is 4.79 Å². The van der Waals surface area contributed by atoms with E-state index in [0.717, 1.165) is 5.69 Å². The normalized spacial score (nSPS) is 13.8. The summed E-state index contributed by atoms with van der Waals surface area (Å²) >= 11 is 6.03. The molecular formula is C15H10ClN7O. The molecule has 0 bridgehead atoms. The van der Waals surface area contributed by atoms with Gasteiger partial charge in [0.1, 0.15) is 5.82 Å². The molecule has 4 rings (SSSR count). The number of nitrogens with one attached hydrogen (secondary N) is 2. The quantitative estimate of drug-likeness (QED) is 0.694. The molecule has 1 amide bonds. The van der Waals surface area contributed by atoms with Gasteiger partial charge in [0.2, 0.25) is 5.82 Å². The topological polar surface area (TPSA) is 97.6 Å². The molecule has 0 spiro atoms. The molecule has 8 nitrogen and oxygen atoms in total. The second-order valence-electron chi connectivity index (χ2n) is 4.96. The van der Waals surface area contributed by atoms with Crippen LogP contribution in [-0.4, -0.2) is 31.1 Å². The number of rotatable bonds is 2. The van der Waals surface area contributed by atoms with Crippen LogP contribution < -0.4 is 10.6 Å². The molecule has 118 valence electrons. The standard InChI is InChI=1S/C15H10ClN7O/c16-9-4-5-12-10(7-9)18-11(15-20-21-22-23(12)15)8-14(24)19-13-3-1-2-6-17-13/h1-8,18H,(H,17,19,24)/b11-8-. The van der Waals surface area contributed by atoms with Crippen LogP contribution in [0.5, 0.6) is 0 Å². The van der Waals surface area contributed by atoms with Crippen molar-refractivity contribution in [2.75, 3.05) is 10.6 Å². The van der Waals surface area contributed by atoms with Gasteiger partial charge in [-0.1, -0.05) is 17.7 Å². The highest BCUT2D eigenvalue weighted by molar-refractivity contribution is 6.31. The van der Waals surface area contributed by atoms with Gasteiger partial charge in [-0.05, 0) is 40.8 Å². The number of anilines is 2. The van der Waals surface area contributed by atoms with Crippen molar-refractivity contribution in [3.05, 3.63) is 59.5 Å². The van der Waals surface area contributed by atoms with Gasteiger partial charge < -0.3 is 10.6 Å². The van der Waals surface area contributed by atoms with E-state index in [4.69, 9.17) is 11.6 Å². The number of fused-ring (bicyclic) bond motifs is 3. The lowest BCUT2D eigenvalue weighted by Crippen LogP contribution is -2.18. The number of amides is 1. The van der Waals surface area contributed by atoms with E-state index in [1.165, 1.54) is 6.08 Å². The summed E-state index contributed by atoms with van der Waals surface area (Å²) in [7, 11) is 0. The van der Waals surface area contributed by atoms with E-state index in [1.807, 2.05) is 0 Å². The summed E-state index contributed by atoms with van der Waals surface area (Å²) in [5.74, 6) is 0.537. The van der Waals surface area contributed by atoms with Crippen LogP contribution in [-0.2, 0) is 4.79 Å². The third kappa shape index (κ3) is 2.59. The Labute approximate surface area is 141 Å². The molecule has 0 radical (unpaired) electrons. The maximum atomic E-state index is 12.2. The van der Waals surface area contributed by atoms with Crippen LogP contribution in [0.15, 0.2) is 48.7 Å². The number of aromatic nitrogens is 5. The Morgan fingerprint density at radius 2 is 2.21 bits per heavy atom. The highest BCUT2D eigenvalue weighted by atomic mass is 35.5. The maximum absolute atomic E-state index is 12.2. The molecule has 1 aliphatic rings. The van der Waals surface area contributed by atoms with Crippen molar-refractivity contribution in [2.45, 2.75) is 0 Å². The Kier molecular flexibility index (Phi) is 3.43. The molecule has 0 unspecified atom stereocenters. The average molecular weight is 340 g/mol. The van der Waals surface area contributed by atoms with Gasteiger partial charge in [0, 0.05) is 17.3 Å². The van der Waals surface area contributed by atoms with Crippen LogP contribution in [0, 0.1) is 0 Å². The highest BCUT2D eigenvalue weighted by Crippen LogP contribution is 2.32. The van der Waals surface area contributed by atoms with Crippen molar-refractivity contribution in [3.8, 4) is 5.69 Å². The second kappa shape index (κ2) is 5.74. The molecule has 24 heavy (non-hydrogen) atoms. The molecule has 0 saturated carbocycles. The predicted molar refractivity (Wildman–Crippen MR) is 88.6 cm³/mol. The van der Waals surface area contributed by atoms with Gasteiger partial charge >= 0.3 is 0 Å². The third-order valence-corrected chi connectivity index (χ3v) is 3.59. The highest BCUT2D eigenvalue weighted by Gasteiger charge is 2.23. The summed E-state index contributed by atoms with van der Waals surface area (Å²) in [6, 6.07) is 10.5. The average Bonchev–Trinajstić information content (AvgIpc) is 3.05. The number of benzene rings is 1. The van der Waals surface area contributed by atoms with Gasteiger partial charge in [0.05, 0.1) is 17.1 Å². The van der Waals surface area contributed by atoms with Crippen LogP contribution in [0.1, 0.15) is 5.82 Å². The van der Waals surface area contributed by atoms with Gasteiger partial charge in [-0.15, -0.1) is 5.10 Å². The molecule has 2 N–H and O–H groups in total. The molecule has 9 heteroatoms. The van der Waals surface area contributed by atoms with Crippen LogP contribution >= 0.6 is 11.6 Å². The minimum atomic E-state index is -0.351. The van der Waals surface area contributed by atoms with Crippen LogP contribution in [0.25, 0.3) is 11.4 Å². The summed E-state index contributed by atoms with van der Waals surface area (Å²) in [4.78, 5) is 16.3. The molecule has 0 fully saturated rings. The second-order valence-corrected chi connectivity index (χ2v) is 5.40. The van der Waals surface area contributed by atoms with E-state index < -0.39 is 0 Å². The van der Waals surface area contributed by atoms with E-state index in [-0.39, 0.29) is 5.91 Å². The Morgan fingerprint density at radius 3 is 3.04 bits per heavy atom. The SMILES string of the molecule is O=C(/C=C1\Nc2cc(Cl)ccc2-n2nnnc21)Nc1ccccn1. The zero-order chi connectivity index (χ0) is 16.5. The first-order valence-electron chi connectivity index (χ1n) is 7.00. The van der Waals surface area contributed by atoms with E-state index in [2.05, 4.69) is 31.1 Å². The summed E-state index contributed by atoms with van der Waals surface area (Å²) in [5.41, 5.74) is 1.92. The molecular weight excluding hydrogens is 330 g/mol. The fourth-order valence-corrected chi connectivity index (χ4v) is 2.51. The van der Waals surface area contributed by atoms with Crippen molar-refractivity contribution in [3.63, 3.8) is 0 Å². The molecule has 2 aromatic heterocycles. The Balaban J connectivity index is 1.68. The van der Waals surface area contributed by atoms with E-state index >= 15 is 0 Å². The van der Waals surface area contributed by atoms with Crippen LogP contribution in [0.2, 0.25) is 5.02 Å². The predicted octanol–water partition coefficient (Wildman–Crippen LogP) is 2.12. The molecule has 0 saturated heterocycles. The Hall–Kier alpha value is -3.26. The van der Waals surface area contributed by atoms with Crippen molar-refractivity contribution in [1.29, 1.82) is 0 Å². The van der Waals surface area contributed by atoms with Crippen molar-refractivity contribution in [1.82, 2.24) is 25.2 Å². The molecule has 3 heterocycles. The number of tetrazole rings is 1. The first kappa shape index (κ1) is 14.3. The summed E-state index contributed by atoms with van der Waals surface area (Å²) < 4.78 is 1.54. The lowest BCUT2D eigenvalue weighted by atomic mass is 10.2. The maximum Gasteiger partial charge on any atom is 0.251 e. The summed E-state index contributed by atoms with van der Waals surface area (Å²) in [5, 5.41) is 18.0. The van der Waals surface area contributed by atoms with Gasteiger partial charge in [-0.2, -0.15) is 4.68 Å². The van der Waals surface area contributed by atoms with E-state index in [1.54, 1.807) is 47.3 Å². The van der Waals surface area contributed by atoms with Gasteiger partial charge in [-0.25, -0.2) is 4.98 Å². The van der Waals surface area contributed by atoms with Gasteiger partial charge in [0.25, 0.3) is 5.91 Å². The fourth-order valence-electron chi connectivity index (χ4n) is 2.34. The lowest BCUT2D eigenvalue weighted by molar-refractivity contribution is -0.111. The minimum Gasteiger partial charge on any atom is -0.350 e. The molecule has 1 aliphatic heterocycles. The zero-order valence-corrected chi connectivity index (χ0v) is 12.9. The molecule has 0 aliphatic carbocycles. The summed E-state index contributed by atoms with van der Waals surface area (Å²) in [6.07, 6.45) is 2.97. The van der Waals surface area contributed by atoms with Gasteiger partial charge in [-0.3, -0.25) is 4.79 Å². The Morgan fingerprint density at radius 1 is 1.29 bits per heavy atom. The molecule has 3 aromatic rings. The monoisotopic (exact) mass is 339 g/mol. The number of hydrogen-bond donors (Lipinski definition) is 2. The molecule has 1 aromatic carbocycles. The zero-order valence-electron chi connectivity index (χ0n) is 12.1. The number of carbonyl (C=O) groups is 1. The fraction of sp³-hybridized carbons (Fsp3) is 0. The number of nitrogens with zero attached hydrogens (tertiary/aromatic N) is 5. The van der Waals surface area contributed by atoms with Gasteiger partial charge in [0.15, 0.2) is 0 Å². The molecule has 0 atom stereocenters. The lowest BCUT2D eigenvalue weighted by Gasteiger charge is -2.20. The van der Waals surface area contributed by atoms with E-state index in [0.29, 0.717) is 28.0 Å². The third-order valence-electron chi connectivity index (χ3n) is 3.36. The van der Waals surface area contributed by atoms with Crippen LogP contribution in [0.4, 0.5) is 11.5 Å². The smallest absolute Gasteiger partial charge is 0.251 e.